The summed E-state index contributed by atoms with van der Waals surface area (Å²) in [5.41, 5.74) is 17.1. The Labute approximate surface area is 341 Å². The maximum Gasteiger partial charge on any atom is 0.162 e. The van der Waals surface area contributed by atoms with E-state index in [1.165, 1.54) is 27.8 Å². The molecule has 0 amide bonds. The van der Waals surface area contributed by atoms with Crippen LogP contribution in [0.25, 0.3) is 50.3 Å². The van der Waals surface area contributed by atoms with Crippen molar-refractivity contribution in [3.8, 4) is 22.3 Å². The van der Waals surface area contributed by atoms with Crippen molar-refractivity contribution in [1.82, 2.24) is 0 Å². The van der Waals surface area contributed by atoms with E-state index in [-0.39, 0.29) is 0 Å². The Morgan fingerprint density at radius 1 is 0.448 bits per heavy atom. The van der Waals surface area contributed by atoms with Gasteiger partial charge in [-0.05, 0) is 103 Å². The Hall–Kier alpha value is -7.36. The molecule has 0 radical (unpaired) electrons. The van der Waals surface area contributed by atoms with E-state index in [1.54, 1.807) is 0 Å². The number of nitrogens with zero attached hydrogens (tertiary/aromatic N) is 2. The first-order valence-electron chi connectivity index (χ1n) is 19.8. The third-order valence-electron chi connectivity index (χ3n) is 11.0. The Morgan fingerprint density at radius 3 is 1.34 bits per heavy atom. The van der Waals surface area contributed by atoms with Crippen molar-refractivity contribution in [3.05, 3.63) is 223 Å². The summed E-state index contributed by atoms with van der Waals surface area (Å²) in [6, 6.07) is 64.8. The molecular formula is C55H44N2O. The van der Waals surface area contributed by atoms with Crippen LogP contribution in [0, 0.1) is 20.8 Å². The normalized spacial score (nSPS) is 11.4. The molecule has 9 rings (SSSR count). The van der Waals surface area contributed by atoms with Gasteiger partial charge in [-0.25, -0.2) is 0 Å². The highest BCUT2D eigenvalue weighted by Gasteiger charge is 2.30. The molecule has 0 aliphatic rings. The maximum absolute atomic E-state index is 7.13. The molecule has 280 valence electrons. The van der Waals surface area contributed by atoms with Crippen molar-refractivity contribution in [2.45, 2.75) is 20.8 Å². The fourth-order valence-corrected chi connectivity index (χ4v) is 8.00. The van der Waals surface area contributed by atoms with E-state index < -0.39 is 0 Å². The van der Waals surface area contributed by atoms with E-state index in [9.17, 15) is 0 Å². The summed E-state index contributed by atoms with van der Waals surface area (Å²) in [5.74, 6) is 0. The van der Waals surface area contributed by atoms with Crippen molar-refractivity contribution in [3.63, 3.8) is 0 Å². The van der Waals surface area contributed by atoms with Crippen LogP contribution in [0.5, 0.6) is 0 Å². The molecule has 0 atom stereocenters. The molecule has 0 bridgehead atoms. The fraction of sp³-hybridized carbons (Fsp3) is 0.0545. The number of benzene rings is 8. The molecule has 9 aromatic rings. The van der Waals surface area contributed by atoms with Crippen molar-refractivity contribution in [1.29, 1.82) is 0 Å². The monoisotopic (exact) mass is 748 g/mol. The number of aryl methyl sites for hydroxylation is 2. The first-order chi connectivity index (χ1) is 28.5. The van der Waals surface area contributed by atoms with Crippen LogP contribution >= 0.6 is 0 Å². The van der Waals surface area contributed by atoms with E-state index in [1.807, 2.05) is 12.2 Å². The summed E-state index contributed by atoms with van der Waals surface area (Å²) in [6.45, 7) is 10.6. The number of furan rings is 1. The predicted octanol–water partition coefficient (Wildman–Crippen LogP) is 16.0. The minimum Gasteiger partial charge on any atom is -0.454 e. The first-order valence-corrected chi connectivity index (χ1v) is 19.8. The zero-order chi connectivity index (χ0) is 39.6. The number of allylic oxidation sites excluding steroid dienone is 2. The molecule has 58 heavy (non-hydrogen) atoms. The van der Waals surface area contributed by atoms with Crippen LogP contribution in [0.2, 0.25) is 0 Å². The van der Waals surface area contributed by atoms with Gasteiger partial charge in [-0.3, -0.25) is 0 Å². The summed E-state index contributed by atoms with van der Waals surface area (Å²) in [7, 11) is 0. The molecule has 0 aliphatic carbocycles. The van der Waals surface area contributed by atoms with E-state index in [0.717, 1.165) is 72.8 Å². The number of hydrogen-bond acceptors (Lipinski definition) is 3. The largest absolute Gasteiger partial charge is 0.454 e. The Bertz CT molecular complexity index is 2890. The number of hydrogen-bond donors (Lipinski definition) is 0. The van der Waals surface area contributed by atoms with Crippen molar-refractivity contribution >= 4 is 62.1 Å². The van der Waals surface area contributed by atoms with Crippen molar-refractivity contribution < 1.29 is 4.42 Å². The molecule has 1 heterocycles. The van der Waals surface area contributed by atoms with Gasteiger partial charge in [0.25, 0.3) is 0 Å². The van der Waals surface area contributed by atoms with E-state index >= 15 is 0 Å². The zero-order valence-electron chi connectivity index (χ0n) is 33.1. The summed E-state index contributed by atoms with van der Waals surface area (Å²) < 4.78 is 7.13. The topological polar surface area (TPSA) is 19.6 Å². The average Bonchev–Trinajstić information content (AvgIpc) is 3.66. The van der Waals surface area contributed by atoms with Crippen LogP contribution in [0.15, 0.2) is 205 Å². The molecule has 0 saturated heterocycles. The van der Waals surface area contributed by atoms with E-state index in [2.05, 4.69) is 225 Å². The van der Waals surface area contributed by atoms with Gasteiger partial charge in [-0.2, -0.15) is 0 Å². The number of anilines is 6. The van der Waals surface area contributed by atoms with Crippen molar-refractivity contribution in [2.75, 3.05) is 9.80 Å². The molecule has 0 aliphatic heterocycles. The predicted molar refractivity (Wildman–Crippen MR) is 247 cm³/mol. The average molecular weight is 749 g/mol. The molecule has 1 aromatic heterocycles. The Balaban J connectivity index is 1.36. The molecule has 0 fully saturated rings. The molecule has 0 spiro atoms. The molecule has 3 heteroatoms. The number of para-hydroxylation sites is 1. The highest BCUT2D eigenvalue weighted by Crippen LogP contribution is 2.53. The minimum absolute atomic E-state index is 0.802. The first kappa shape index (κ1) is 36.3. The van der Waals surface area contributed by atoms with Gasteiger partial charge in [0.2, 0.25) is 0 Å². The zero-order valence-corrected chi connectivity index (χ0v) is 33.1. The molecule has 8 aromatic carbocycles. The quantitative estimate of drug-likeness (QED) is 0.130. The SMILES string of the molecule is C=C/C=C\c1c(C)c(N(c2ccc(C)cc2)c2ccc(-c3ccccc3)cc2)c2c(oc3ccccc32)c1N(c1ccc(C)cc1)c1ccc(-c2ccccc2)cc1. The number of fused-ring (bicyclic) bond motifs is 3. The highest BCUT2D eigenvalue weighted by atomic mass is 16.3. The second-order valence-corrected chi connectivity index (χ2v) is 14.8. The maximum atomic E-state index is 7.13. The molecule has 0 unspecified atom stereocenters. The van der Waals surface area contributed by atoms with Crippen LogP contribution in [0.1, 0.15) is 22.3 Å². The summed E-state index contributed by atoms with van der Waals surface area (Å²) in [5, 5.41) is 2.10. The third-order valence-corrected chi connectivity index (χ3v) is 11.0. The Kier molecular flexibility index (Phi) is 9.79. The lowest BCUT2D eigenvalue weighted by Gasteiger charge is -2.33. The second kappa shape index (κ2) is 15.6. The van der Waals surface area contributed by atoms with Crippen LogP contribution in [-0.4, -0.2) is 0 Å². The van der Waals surface area contributed by atoms with Gasteiger partial charge in [0, 0.05) is 33.7 Å². The summed E-state index contributed by atoms with van der Waals surface area (Å²) >= 11 is 0. The van der Waals surface area contributed by atoms with Crippen LogP contribution in [-0.2, 0) is 0 Å². The van der Waals surface area contributed by atoms with E-state index in [4.69, 9.17) is 4.42 Å². The van der Waals surface area contributed by atoms with Gasteiger partial charge in [-0.15, -0.1) is 0 Å². The van der Waals surface area contributed by atoms with E-state index in [0.29, 0.717) is 0 Å². The van der Waals surface area contributed by atoms with Gasteiger partial charge < -0.3 is 14.2 Å². The summed E-state index contributed by atoms with van der Waals surface area (Å²) in [6.07, 6.45) is 6.05. The molecule has 3 nitrogen and oxygen atoms in total. The summed E-state index contributed by atoms with van der Waals surface area (Å²) in [4.78, 5) is 4.75. The minimum atomic E-state index is 0.802. The lowest BCUT2D eigenvalue weighted by Crippen LogP contribution is -2.16. The van der Waals surface area contributed by atoms with Gasteiger partial charge in [0.1, 0.15) is 5.58 Å². The van der Waals surface area contributed by atoms with Crippen LogP contribution < -0.4 is 9.80 Å². The lowest BCUT2D eigenvalue weighted by atomic mass is 9.94. The fourth-order valence-electron chi connectivity index (χ4n) is 8.00. The van der Waals surface area contributed by atoms with Gasteiger partial charge in [0.15, 0.2) is 5.58 Å². The lowest BCUT2D eigenvalue weighted by molar-refractivity contribution is 0.669. The van der Waals surface area contributed by atoms with Crippen molar-refractivity contribution in [2.24, 2.45) is 0 Å². The molecule has 0 N–H and O–H groups in total. The van der Waals surface area contributed by atoms with Gasteiger partial charge >= 0.3 is 0 Å². The number of rotatable bonds is 10. The van der Waals surface area contributed by atoms with Crippen LogP contribution in [0.4, 0.5) is 34.1 Å². The van der Waals surface area contributed by atoms with Gasteiger partial charge in [-0.1, -0.05) is 163 Å². The third kappa shape index (κ3) is 6.78. The molecular weight excluding hydrogens is 705 g/mol. The van der Waals surface area contributed by atoms with Crippen LogP contribution in [0.3, 0.4) is 0 Å². The molecule has 0 saturated carbocycles. The van der Waals surface area contributed by atoms with Gasteiger partial charge in [0.05, 0.1) is 16.8 Å². The standard InChI is InChI=1S/C55H44N2O/c1-5-6-19-49-40(4)53(56(45-30-22-38(2)23-31-45)47-34-26-43(27-35-47)41-15-9-7-10-16-41)52-50-20-13-14-21-51(50)58-55(52)54(49)57(46-32-24-39(3)25-33-46)48-36-28-44(29-37-48)42-17-11-8-12-18-42/h5-37H,1H2,2-4H3/b19-6-. The highest BCUT2D eigenvalue weighted by molar-refractivity contribution is 6.20. The Morgan fingerprint density at radius 2 is 0.862 bits per heavy atom. The smallest absolute Gasteiger partial charge is 0.162 e. The second-order valence-electron chi connectivity index (χ2n) is 14.8.